The number of benzene rings is 1. The lowest BCUT2D eigenvalue weighted by Gasteiger charge is -2.10. The zero-order valence-corrected chi connectivity index (χ0v) is 12.8. The fourth-order valence-electron chi connectivity index (χ4n) is 2.16. The third kappa shape index (κ3) is 2.94. The van der Waals surface area contributed by atoms with Gasteiger partial charge in [0.05, 0.1) is 5.69 Å². The quantitative estimate of drug-likeness (QED) is 0.640. The summed E-state index contributed by atoms with van der Waals surface area (Å²) in [6.45, 7) is -0.178. The molecule has 0 aliphatic heterocycles. The van der Waals surface area contributed by atoms with Crippen LogP contribution >= 0.6 is 0 Å². The third-order valence-corrected chi connectivity index (χ3v) is 3.38. The van der Waals surface area contributed by atoms with Crippen molar-refractivity contribution in [3.8, 4) is 0 Å². The van der Waals surface area contributed by atoms with E-state index >= 15 is 0 Å². The van der Waals surface area contributed by atoms with Crippen LogP contribution in [0.4, 0.5) is 10.1 Å². The molecule has 11 heteroatoms. The summed E-state index contributed by atoms with van der Waals surface area (Å²) >= 11 is 0. The Morgan fingerprint density at radius 3 is 3.00 bits per heavy atom. The molecule has 10 nitrogen and oxygen atoms in total. The summed E-state index contributed by atoms with van der Waals surface area (Å²) in [5.41, 5.74) is -0.625. The van der Waals surface area contributed by atoms with Gasteiger partial charge >= 0.3 is 5.69 Å². The highest BCUT2D eigenvalue weighted by molar-refractivity contribution is 6.07. The Morgan fingerprint density at radius 1 is 1.44 bits per heavy atom. The second kappa shape index (κ2) is 6.47. The monoisotopic (exact) mass is 346 g/mol. The number of aryl methyl sites for hydroxylation is 1. The van der Waals surface area contributed by atoms with Gasteiger partial charge in [0.1, 0.15) is 18.8 Å². The third-order valence-electron chi connectivity index (χ3n) is 3.38. The molecule has 128 valence electrons. The van der Waals surface area contributed by atoms with E-state index < -0.39 is 17.4 Å². The minimum absolute atomic E-state index is 0.00605. The lowest BCUT2D eigenvalue weighted by Crippen LogP contribution is -2.27. The minimum Gasteiger partial charge on any atom is -0.463 e. The number of hydrogen-bond donors (Lipinski definition) is 1. The zero-order chi connectivity index (χ0) is 18.0. The summed E-state index contributed by atoms with van der Waals surface area (Å²) in [4.78, 5) is 38.5. The average molecular weight is 346 g/mol. The van der Waals surface area contributed by atoms with Gasteiger partial charge in [-0.2, -0.15) is 4.68 Å². The first-order valence-electron chi connectivity index (χ1n) is 6.94. The second-order valence-electron chi connectivity index (χ2n) is 4.91. The first-order valence-corrected chi connectivity index (χ1v) is 6.94. The smallest absolute Gasteiger partial charge is 0.352 e. The van der Waals surface area contributed by atoms with Crippen molar-refractivity contribution < 1.29 is 18.7 Å². The SMILES string of the molecule is Cn1nnc2c(C(=O)Nc3cccc(F)c3COC=O)ncn2c1=O. The van der Waals surface area contributed by atoms with Crippen LogP contribution in [0.1, 0.15) is 16.1 Å². The molecule has 1 N–H and O–H groups in total. The highest BCUT2D eigenvalue weighted by Gasteiger charge is 2.19. The fraction of sp³-hybridized carbons (Fsp3) is 0.143. The van der Waals surface area contributed by atoms with Crippen LogP contribution in [0.15, 0.2) is 29.3 Å². The maximum absolute atomic E-state index is 13.9. The number of aromatic nitrogens is 5. The Balaban J connectivity index is 1.96. The molecule has 1 aromatic carbocycles. The van der Waals surface area contributed by atoms with Gasteiger partial charge in [0.15, 0.2) is 11.3 Å². The van der Waals surface area contributed by atoms with Crippen molar-refractivity contribution in [3.05, 3.63) is 52.1 Å². The first kappa shape index (κ1) is 16.2. The van der Waals surface area contributed by atoms with E-state index in [1.165, 1.54) is 25.2 Å². The van der Waals surface area contributed by atoms with E-state index in [0.29, 0.717) is 0 Å². The average Bonchev–Trinajstić information content (AvgIpc) is 3.02. The topological polar surface area (TPSA) is 120 Å². The van der Waals surface area contributed by atoms with E-state index in [9.17, 15) is 18.8 Å². The van der Waals surface area contributed by atoms with Gasteiger partial charge in [-0.05, 0) is 12.1 Å². The van der Waals surface area contributed by atoms with Gasteiger partial charge in [0.25, 0.3) is 12.4 Å². The van der Waals surface area contributed by atoms with E-state index in [0.717, 1.165) is 15.4 Å². The second-order valence-corrected chi connectivity index (χ2v) is 4.91. The number of ether oxygens (including phenoxy) is 1. The standard InChI is InChI=1S/C14H11FN6O4/c1-20-14(24)21-6-16-11(12(21)18-19-20)13(23)17-10-4-2-3-9(15)8(10)5-25-7-22/h2-4,6-7H,5H2,1H3,(H,17,23). The lowest BCUT2D eigenvalue weighted by atomic mass is 10.1. The van der Waals surface area contributed by atoms with Crippen LogP contribution in [0.2, 0.25) is 0 Å². The first-order chi connectivity index (χ1) is 12.0. The van der Waals surface area contributed by atoms with Gasteiger partial charge in [-0.15, -0.1) is 5.10 Å². The number of nitrogens with zero attached hydrogens (tertiary/aromatic N) is 5. The summed E-state index contributed by atoms with van der Waals surface area (Å²) in [6, 6.07) is 3.99. The molecule has 0 saturated carbocycles. The van der Waals surface area contributed by atoms with Crippen molar-refractivity contribution >= 4 is 23.7 Å². The largest absolute Gasteiger partial charge is 0.463 e. The van der Waals surface area contributed by atoms with E-state index in [1.807, 2.05) is 0 Å². The van der Waals surface area contributed by atoms with E-state index in [1.54, 1.807) is 0 Å². The molecule has 3 aromatic rings. The Labute approximate surface area is 138 Å². The summed E-state index contributed by atoms with van der Waals surface area (Å²) in [6.07, 6.45) is 1.14. The highest BCUT2D eigenvalue weighted by atomic mass is 19.1. The Kier molecular flexibility index (Phi) is 4.20. The Morgan fingerprint density at radius 2 is 2.24 bits per heavy atom. The van der Waals surface area contributed by atoms with Gasteiger partial charge in [0, 0.05) is 12.6 Å². The Bertz CT molecular complexity index is 1030. The fourth-order valence-corrected chi connectivity index (χ4v) is 2.16. The van der Waals surface area contributed by atoms with Gasteiger partial charge < -0.3 is 10.1 Å². The van der Waals surface area contributed by atoms with Crippen molar-refractivity contribution in [2.75, 3.05) is 5.32 Å². The van der Waals surface area contributed by atoms with E-state index in [4.69, 9.17) is 0 Å². The van der Waals surface area contributed by atoms with Crippen LogP contribution in [0.3, 0.4) is 0 Å². The predicted molar refractivity (Wildman–Crippen MR) is 81.2 cm³/mol. The molecule has 1 amide bonds. The summed E-state index contributed by atoms with van der Waals surface area (Å²) < 4.78 is 20.5. The van der Waals surface area contributed by atoms with E-state index in [-0.39, 0.29) is 35.7 Å². The van der Waals surface area contributed by atoms with Crippen LogP contribution < -0.4 is 11.0 Å². The number of carbonyl (C=O) groups is 2. The van der Waals surface area contributed by atoms with Gasteiger partial charge in [0.2, 0.25) is 0 Å². The van der Waals surface area contributed by atoms with Crippen molar-refractivity contribution in [2.24, 2.45) is 7.05 Å². The molecule has 0 bridgehead atoms. The van der Waals surface area contributed by atoms with Crippen LogP contribution in [-0.4, -0.2) is 36.8 Å². The minimum atomic E-state index is -0.719. The molecule has 2 aromatic heterocycles. The molecular formula is C14H11FN6O4. The molecule has 0 spiro atoms. The number of hydrogen-bond acceptors (Lipinski definition) is 7. The van der Waals surface area contributed by atoms with Crippen molar-refractivity contribution in [1.29, 1.82) is 0 Å². The number of anilines is 1. The van der Waals surface area contributed by atoms with Crippen LogP contribution in [0, 0.1) is 5.82 Å². The summed E-state index contributed by atoms with van der Waals surface area (Å²) in [7, 11) is 1.40. The molecular weight excluding hydrogens is 335 g/mol. The number of imidazole rings is 1. The number of nitrogens with one attached hydrogen (secondary N) is 1. The number of carbonyl (C=O) groups excluding carboxylic acids is 2. The van der Waals surface area contributed by atoms with Gasteiger partial charge in [-0.25, -0.2) is 18.6 Å². The van der Waals surface area contributed by atoms with Crippen molar-refractivity contribution in [3.63, 3.8) is 0 Å². The zero-order valence-electron chi connectivity index (χ0n) is 12.8. The van der Waals surface area contributed by atoms with Crippen molar-refractivity contribution in [2.45, 2.75) is 6.61 Å². The van der Waals surface area contributed by atoms with Gasteiger partial charge in [-0.1, -0.05) is 11.3 Å². The lowest BCUT2D eigenvalue weighted by molar-refractivity contribution is -0.129. The van der Waals surface area contributed by atoms with Crippen LogP contribution in [-0.2, 0) is 23.2 Å². The number of rotatable bonds is 5. The predicted octanol–water partition coefficient (Wildman–Crippen LogP) is -0.113. The van der Waals surface area contributed by atoms with Gasteiger partial charge in [-0.3, -0.25) is 9.59 Å². The number of amides is 1. The normalized spacial score (nSPS) is 10.6. The van der Waals surface area contributed by atoms with Crippen LogP contribution in [0.25, 0.3) is 5.65 Å². The van der Waals surface area contributed by atoms with Crippen molar-refractivity contribution in [1.82, 2.24) is 24.4 Å². The van der Waals surface area contributed by atoms with E-state index in [2.05, 4.69) is 25.3 Å². The molecule has 0 saturated heterocycles. The number of halogens is 1. The maximum atomic E-state index is 13.9. The molecule has 2 heterocycles. The summed E-state index contributed by atoms with van der Waals surface area (Å²) in [5, 5.41) is 9.82. The molecule has 0 aliphatic carbocycles. The molecule has 0 radical (unpaired) electrons. The molecule has 3 rings (SSSR count). The molecule has 25 heavy (non-hydrogen) atoms. The molecule has 0 aliphatic rings. The summed E-state index contributed by atoms with van der Waals surface area (Å²) in [5.74, 6) is -1.37. The highest BCUT2D eigenvalue weighted by Crippen LogP contribution is 2.21. The maximum Gasteiger partial charge on any atom is 0.352 e. The molecule has 0 unspecified atom stereocenters. The number of fused-ring (bicyclic) bond motifs is 1. The molecule has 0 fully saturated rings. The van der Waals surface area contributed by atoms with Crippen LogP contribution in [0.5, 0.6) is 0 Å². The molecule has 0 atom stereocenters. The Hall–Kier alpha value is -3.63.